The lowest BCUT2D eigenvalue weighted by Crippen LogP contribution is -2.07. The molecule has 0 saturated heterocycles. The van der Waals surface area contributed by atoms with Gasteiger partial charge >= 0.3 is 0 Å². The third-order valence-electron chi connectivity index (χ3n) is 2.94. The third-order valence-corrected chi connectivity index (χ3v) is 3.25. The highest BCUT2D eigenvalue weighted by molar-refractivity contribution is 6.33. The summed E-state index contributed by atoms with van der Waals surface area (Å²) in [5, 5.41) is 3.79. The molecule has 0 heterocycles. The monoisotopic (exact) mass is 281 g/mol. The van der Waals surface area contributed by atoms with Crippen LogP contribution in [0.4, 0.5) is 14.5 Å². The summed E-state index contributed by atoms with van der Waals surface area (Å²) in [5.74, 6) is -1.69. The van der Waals surface area contributed by atoms with E-state index in [-0.39, 0.29) is 6.04 Å². The fraction of sp³-hybridized carbons (Fsp3) is 0.200. The fourth-order valence-corrected chi connectivity index (χ4v) is 2.13. The number of aryl methyl sites for hydroxylation is 1. The zero-order valence-electron chi connectivity index (χ0n) is 10.7. The van der Waals surface area contributed by atoms with Crippen LogP contribution >= 0.6 is 11.6 Å². The van der Waals surface area contributed by atoms with Crippen molar-refractivity contribution in [3.8, 4) is 0 Å². The lowest BCUT2D eigenvalue weighted by Gasteiger charge is -2.17. The third kappa shape index (κ3) is 3.24. The van der Waals surface area contributed by atoms with Crippen LogP contribution in [0.3, 0.4) is 0 Å². The van der Waals surface area contributed by atoms with Crippen LogP contribution in [0.1, 0.15) is 24.1 Å². The second kappa shape index (κ2) is 5.57. The van der Waals surface area contributed by atoms with Gasteiger partial charge in [-0.15, -0.1) is 0 Å². The van der Waals surface area contributed by atoms with Gasteiger partial charge < -0.3 is 5.32 Å². The summed E-state index contributed by atoms with van der Waals surface area (Å²) < 4.78 is 26.1. The lowest BCUT2D eigenvalue weighted by atomic mass is 10.1. The number of nitrogens with one attached hydrogen (secondary N) is 1. The molecule has 0 aliphatic rings. The molecule has 0 aliphatic heterocycles. The van der Waals surface area contributed by atoms with Gasteiger partial charge in [0.2, 0.25) is 0 Å². The first-order valence-electron chi connectivity index (χ1n) is 5.95. The first kappa shape index (κ1) is 13.8. The zero-order valence-corrected chi connectivity index (χ0v) is 11.4. The first-order chi connectivity index (χ1) is 8.97. The average molecular weight is 282 g/mol. The van der Waals surface area contributed by atoms with Crippen LogP contribution in [-0.2, 0) is 0 Å². The summed E-state index contributed by atoms with van der Waals surface area (Å²) in [7, 11) is 0. The number of hydrogen-bond donors (Lipinski definition) is 1. The largest absolute Gasteiger partial charge is 0.377 e. The van der Waals surface area contributed by atoms with E-state index >= 15 is 0 Å². The van der Waals surface area contributed by atoms with Gasteiger partial charge in [-0.1, -0.05) is 23.7 Å². The Morgan fingerprint density at radius 3 is 2.42 bits per heavy atom. The van der Waals surface area contributed by atoms with Crippen LogP contribution in [0.5, 0.6) is 0 Å². The van der Waals surface area contributed by atoms with Crippen molar-refractivity contribution in [1.82, 2.24) is 0 Å². The molecule has 1 N–H and O–H groups in total. The number of benzene rings is 2. The van der Waals surface area contributed by atoms with Crippen LogP contribution < -0.4 is 5.32 Å². The molecule has 0 amide bonds. The molecule has 0 spiro atoms. The van der Waals surface area contributed by atoms with Gasteiger partial charge in [-0.25, -0.2) is 8.78 Å². The lowest BCUT2D eigenvalue weighted by molar-refractivity contribution is 0.506. The van der Waals surface area contributed by atoms with E-state index in [4.69, 9.17) is 11.6 Å². The van der Waals surface area contributed by atoms with Gasteiger partial charge in [0.1, 0.15) is 0 Å². The Bertz CT molecular complexity index is 599. The SMILES string of the molecule is Cc1ccc(NC(C)c2ccc(F)c(F)c2)c(Cl)c1. The minimum atomic E-state index is -0.846. The van der Waals surface area contributed by atoms with E-state index in [1.54, 1.807) is 6.07 Å². The number of halogens is 3. The summed E-state index contributed by atoms with van der Waals surface area (Å²) in [5.41, 5.74) is 2.50. The highest BCUT2D eigenvalue weighted by Crippen LogP contribution is 2.27. The van der Waals surface area contributed by atoms with Crippen molar-refractivity contribution in [2.45, 2.75) is 19.9 Å². The Hall–Kier alpha value is -1.61. The number of hydrogen-bond acceptors (Lipinski definition) is 1. The van der Waals surface area contributed by atoms with Gasteiger partial charge in [-0.3, -0.25) is 0 Å². The van der Waals surface area contributed by atoms with Crippen molar-refractivity contribution in [2.24, 2.45) is 0 Å². The van der Waals surface area contributed by atoms with E-state index in [1.807, 2.05) is 32.0 Å². The molecule has 0 radical (unpaired) electrons. The van der Waals surface area contributed by atoms with Gasteiger partial charge in [-0.05, 0) is 49.2 Å². The Kier molecular flexibility index (Phi) is 4.05. The van der Waals surface area contributed by atoms with Crippen LogP contribution in [-0.4, -0.2) is 0 Å². The molecule has 0 fully saturated rings. The fourth-order valence-electron chi connectivity index (χ4n) is 1.84. The van der Waals surface area contributed by atoms with Crippen molar-refractivity contribution in [3.63, 3.8) is 0 Å². The van der Waals surface area contributed by atoms with Crippen molar-refractivity contribution >= 4 is 17.3 Å². The summed E-state index contributed by atoms with van der Waals surface area (Å²) in [6.07, 6.45) is 0. The van der Waals surface area contributed by atoms with Crippen molar-refractivity contribution < 1.29 is 8.78 Å². The average Bonchev–Trinajstić information content (AvgIpc) is 2.36. The van der Waals surface area contributed by atoms with E-state index in [0.717, 1.165) is 17.3 Å². The van der Waals surface area contributed by atoms with Crippen LogP contribution in [0.25, 0.3) is 0 Å². The second-order valence-corrected chi connectivity index (χ2v) is 4.93. The Morgan fingerprint density at radius 2 is 1.79 bits per heavy atom. The molecule has 1 nitrogen and oxygen atoms in total. The van der Waals surface area contributed by atoms with E-state index in [1.165, 1.54) is 6.07 Å². The Labute approximate surface area is 116 Å². The number of rotatable bonds is 3. The molecule has 2 aromatic carbocycles. The molecule has 0 saturated carbocycles. The topological polar surface area (TPSA) is 12.0 Å². The van der Waals surface area contributed by atoms with Crippen molar-refractivity contribution in [2.75, 3.05) is 5.32 Å². The Morgan fingerprint density at radius 1 is 1.05 bits per heavy atom. The molecule has 0 bridgehead atoms. The maximum atomic E-state index is 13.2. The molecule has 0 aliphatic carbocycles. The molecular weight excluding hydrogens is 268 g/mol. The Balaban J connectivity index is 2.20. The maximum Gasteiger partial charge on any atom is 0.159 e. The molecule has 2 aromatic rings. The normalized spacial score (nSPS) is 12.3. The highest BCUT2D eigenvalue weighted by atomic mass is 35.5. The minimum absolute atomic E-state index is 0.171. The molecule has 2 rings (SSSR count). The molecular formula is C15H14ClF2N. The quantitative estimate of drug-likeness (QED) is 0.825. The predicted molar refractivity (Wildman–Crippen MR) is 74.6 cm³/mol. The summed E-state index contributed by atoms with van der Waals surface area (Å²) in [6.45, 7) is 3.82. The second-order valence-electron chi connectivity index (χ2n) is 4.52. The van der Waals surface area contributed by atoms with E-state index < -0.39 is 11.6 Å². The van der Waals surface area contributed by atoms with E-state index in [2.05, 4.69) is 5.32 Å². The smallest absolute Gasteiger partial charge is 0.159 e. The van der Waals surface area contributed by atoms with Crippen LogP contribution in [0.15, 0.2) is 36.4 Å². The standard InChI is InChI=1S/C15H14ClF2N/c1-9-3-6-15(12(16)7-9)19-10(2)11-4-5-13(17)14(18)8-11/h3-8,10,19H,1-2H3. The minimum Gasteiger partial charge on any atom is -0.377 e. The first-order valence-corrected chi connectivity index (χ1v) is 6.33. The zero-order chi connectivity index (χ0) is 14.0. The van der Waals surface area contributed by atoms with E-state index in [9.17, 15) is 8.78 Å². The molecule has 19 heavy (non-hydrogen) atoms. The summed E-state index contributed by atoms with van der Waals surface area (Å²) >= 11 is 6.12. The number of anilines is 1. The highest BCUT2D eigenvalue weighted by Gasteiger charge is 2.10. The van der Waals surface area contributed by atoms with E-state index in [0.29, 0.717) is 10.6 Å². The predicted octanol–water partition coefficient (Wildman–Crippen LogP) is 5.10. The van der Waals surface area contributed by atoms with Crippen LogP contribution in [0.2, 0.25) is 5.02 Å². The van der Waals surface area contributed by atoms with Gasteiger partial charge in [-0.2, -0.15) is 0 Å². The maximum absolute atomic E-state index is 13.2. The summed E-state index contributed by atoms with van der Waals surface area (Å²) in [6, 6.07) is 9.35. The molecule has 1 atom stereocenters. The van der Waals surface area contributed by atoms with Gasteiger partial charge in [0.05, 0.1) is 10.7 Å². The van der Waals surface area contributed by atoms with Gasteiger partial charge in [0.15, 0.2) is 11.6 Å². The van der Waals surface area contributed by atoms with Crippen LogP contribution in [0, 0.1) is 18.6 Å². The van der Waals surface area contributed by atoms with Gasteiger partial charge in [0.25, 0.3) is 0 Å². The molecule has 0 aromatic heterocycles. The summed E-state index contributed by atoms with van der Waals surface area (Å²) in [4.78, 5) is 0. The van der Waals surface area contributed by atoms with Crippen molar-refractivity contribution in [1.29, 1.82) is 0 Å². The van der Waals surface area contributed by atoms with Gasteiger partial charge in [0, 0.05) is 6.04 Å². The van der Waals surface area contributed by atoms with Crippen molar-refractivity contribution in [3.05, 3.63) is 64.2 Å². The molecule has 100 valence electrons. The molecule has 4 heteroatoms. The molecule has 1 unspecified atom stereocenters.